The molecule has 128 valence electrons. The molecule has 3 saturated carbocycles. The molecule has 0 aromatic rings. The number of hydrogen-bond donors (Lipinski definition) is 0. The number of hydrogen-bond acceptors (Lipinski definition) is 2. The third-order valence-corrected chi connectivity index (χ3v) is 6.64. The second-order valence-electron chi connectivity index (χ2n) is 7.80. The quantitative estimate of drug-likeness (QED) is 0.494. The number of ether oxygens (including phenoxy) is 2. The maximum Gasteiger partial charge on any atom is 0.0704 e. The van der Waals surface area contributed by atoms with Crippen LogP contribution in [0.3, 0.4) is 0 Å². The zero-order valence-corrected chi connectivity index (χ0v) is 14.7. The minimum absolute atomic E-state index is 0.412. The van der Waals surface area contributed by atoms with Crippen molar-refractivity contribution in [2.75, 3.05) is 19.8 Å². The van der Waals surface area contributed by atoms with E-state index >= 15 is 0 Å². The molecule has 0 radical (unpaired) electrons. The normalized spacial score (nSPS) is 39.4. The SMILES string of the molecule is ClC1CCC(COCCOC2CCC3CCCCC3C2)CC1. The highest BCUT2D eigenvalue weighted by Gasteiger charge is 2.32. The summed E-state index contributed by atoms with van der Waals surface area (Å²) in [6.07, 6.45) is 15.1. The first-order valence-electron chi connectivity index (χ1n) is 9.64. The minimum atomic E-state index is 0.412. The average molecular weight is 329 g/mol. The smallest absolute Gasteiger partial charge is 0.0704 e. The summed E-state index contributed by atoms with van der Waals surface area (Å²) < 4.78 is 11.9. The molecule has 0 heterocycles. The van der Waals surface area contributed by atoms with Crippen LogP contribution in [-0.4, -0.2) is 31.3 Å². The van der Waals surface area contributed by atoms with Gasteiger partial charge in [-0.2, -0.15) is 0 Å². The lowest BCUT2D eigenvalue weighted by Gasteiger charge is -2.39. The van der Waals surface area contributed by atoms with Gasteiger partial charge in [-0.25, -0.2) is 0 Å². The van der Waals surface area contributed by atoms with E-state index in [-0.39, 0.29) is 0 Å². The molecule has 3 unspecified atom stereocenters. The van der Waals surface area contributed by atoms with Crippen molar-refractivity contribution >= 4 is 11.6 Å². The Labute approximate surface area is 141 Å². The molecule has 0 aliphatic heterocycles. The van der Waals surface area contributed by atoms with Gasteiger partial charge in [-0.3, -0.25) is 0 Å². The van der Waals surface area contributed by atoms with Crippen molar-refractivity contribution in [3.05, 3.63) is 0 Å². The summed E-state index contributed by atoms with van der Waals surface area (Å²) in [5, 5.41) is 0.412. The topological polar surface area (TPSA) is 18.5 Å². The predicted molar refractivity (Wildman–Crippen MR) is 91.5 cm³/mol. The molecular formula is C19H33ClO2. The van der Waals surface area contributed by atoms with Crippen molar-refractivity contribution < 1.29 is 9.47 Å². The lowest BCUT2D eigenvalue weighted by Crippen LogP contribution is -2.32. The fraction of sp³-hybridized carbons (Fsp3) is 1.00. The molecule has 22 heavy (non-hydrogen) atoms. The summed E-state index contributed by atoms with van der Waals surface area (Å²) in [5.74, 6) is 2.70. The van der Waals surface area contributed by atoms with E-state index < -0.39 is 0 Å². The van der Waals surface area contributed by atoms with Gasteiger partial charge in [0.25, 0.3) is 0 Å². The van der Waals surface area contributed by atoms with Crippen LogP contribution < -0.4 is 0 Å². The van der Waals surface area contributed by atoms with Crippen molar-refractivity contribution in [2.45, 2.75) is 82.1 Å². The first-order chi connectivity index (χ1) is 10.8. The van der Waals surface area contributed by atoms with Gasteiger partial charge in [-0.15, -0.1) is 11.6 Å². The first-order valence-corrected chi connectivity index (χ1v) is 10.1. The van der Waals surface area contributed by atoms with E-state index in [1.807, 2.05) is 0 Å². The highest BCUT2D eigenvalue weighted by atomic mass is 35.5. The summed E-state index contributed by atoms with van der Waals surface area (Å²) in [4.78, 5) is 0. The largest absolute Gasteiger partial charge is 0.379 e. The molecule has 3 aliphatic rings. The molecule has 3 heteroatoms. The second kappa shape index (κ2) is 8.89. The van der Waals surface area contributed by atoms with Crippen LogP contribution in [0.25, 0.3) is 0 Å². The van der Waals surface area contributed by atoms with Gasteiger partial charge in [0.2, 0.25) is 0 Å². The Bertz CT molecular complexity index is 315. The first kappa shape index (κ1) is 17.0. The molecule has 3 fully saturated rings. The van der Waals surface area contributed by atoms with Gasteiger partial charge in [0.15, 0.2) is 0 Å². The van der Waals surface area contributed by atoms with E-state index in [9.17, 15) is 0 Å². The van der Waals surface area contributed by atoms with Crippen LogP contribution in [0.1, 0.15) is 70.6 Å². The Morgan fingerprint density at radius 3 is 2.36 bits per heavy atom. The van der Waals surface area contributed by atoms with Crippen molar-refractivity contribution in [1.82, 2.24) is 0 Å². The molecule has 0 amide bonds. The van der Waals surface area contributed by atoms with Crippen LogP contribution in [0, 0.1) is 17.8 Å². The van der Waals surface area contributed by atoms with Crippen molar-refractivity contribution in [2.24, 2.45) is 17.8 Å². The zero-order valence-electron chi connectivity index (χ0n) is 14.0. The molecule has 2 nitrogen and oxygen atoms in total. The van der Waals surface area contributed by atoms with Crippen molar-refractivity contribution in [3.63, 3.8) is 0 Å². The highest BCUT2D eigenvalue weighted by molar-refractivity contribution is 6.20. The van der Waals surface area contributed by atoms with Gasteiger partial charge in [0.05, 0.1) is 19.3 Å². The van der Waals surface area contributed by atoms with Gasteiger partial charge in [-0.05, 0) is 62.7 Å². The van der Waals surface area contributed by atoms with Gasteiger partial charge >= 0.3 is 0 Å². The van der Waals surface area contributed by atoms with Gasteiger partial charge in [0, 0.05) is 12.0 Å². The number of fused-ring (bicyclic) bond motifs is 1. The summed E-state index contributed by atoms with van der Waals surface area (Å²) in [7, 11) is 0. The van der Waals surface area contributed by atoms with Crippen LogP contribution in [0.5, 0.6) is 0 Å². The highest BCUT2D eigenvalue weighted by Crippen LogP contribution is 2.41. The standard InChI is InChI=1S/C19H33ClO2/c20-18-8-5-15(6-9-18)14-21-11-12-22-19-10-7-16-3-1-2-4-17(16)13-19/h15-19H,1-14H2. The van der Waals surface area contributed by atoms with E-state index in [4.69, 9.17) is 21.1 Å². The predicted octanol–water partition coefficient (Wildman–Crippen LogP) is 5.18. The van der Waals surface area contributed by atoms with Gasteiger partial charge < -0.3 is 9.47 Å². The van der Waals surface area contributed by atoms with Crippen molar-refractivity contribution in [1.29, 1.82) is 0 Å². The number of halogens is 1. The van der Waals surface area contributed by atoms with Crippen LogP contribution in [-0.2, 0) is 9.47 Å². The third kappa shape index (κ3) is 5.11. The third-order valence-electron chi connectivity index (χ3n) is 6.20. The minimum Gasteiger partial charge on any atom is -0.379 e. The molecule has 3 aliphatic carbocycles. The molecule has 3 rings (SSSR count). The maximum absolute atomic E-state index is 6.14. The number of rotatable bonds is 6. The van der Waals surface area contributed by atoms with E-state index in [1.165, 1.54) is 57.8 Å². The van der Waals surface area contributed by atoms with Crippen LogP contribution in [0.4, 0.5) is 0 Å². The maximum atomic E-state index is 6.14. The van der Waals surface area contributed by atoms with E-state index in [2.05, 4.69) is 0 Å². The Morgan fingerprint density at radius 1 is 0.773 bits per heavy atom. The summed E-state index contributed by atoms with van der Waals surface area (Å²) in [6.45, 7) is 2.46. The molecule has 0 N–H and O–H groups in total. The lowest BCUT2D eigenvalue weighted by atomic mass is 9.70. The Hall–Kier alpha value is 0.210. The molecule has 0 spiro atoms. The number of alkyl halides is 1. The molecule has 0 aromatic carbocycles. The summed E-state index contributed by atoms with van der Waals surface area (Å²) >= 11 is 6.14. The lowest BCUT2D eigenvalue weighted by molar-refractivity contribution is -0.0411. The molecular weight excluding hydrogens is 296 g/mol. The second-order valence-corrected chi connectivity index (χ2v) is 8.42. The van der Waals surface area contributed by atoms with E-state index in [0.717, 1.165) is 50.4 Å². The zero-order chi connectivity index (χ0) is 15.2. The summed E-state index contributed by atoms with van der Waals surface area (Å²) in [5.41, 5.74) is 0. The van der Waals surface area contributed by atoms with Gasteiger partial charge in [-0.1, -0.05) is 25.7 Å². The van der Waals surface area contributed by atoms with Gasteiger partial charge in [0.1, 0.15) is 0 Å². The molecule has 0 bridgehead atoms. The molecule has 3 atom stereocenters. The Kier molecular flexibility index (Phi) is 6.89. The monoisotopic (exact) mass is 328 g/mol. The Morgan fingerprint density at radius 2 is 1.55 bits per heavy atom. The average Bonchev–Trinajstić information content (AvgIpc) is 2.56. The molecule has 0 saturated heterocycles. The fourth-order valence-corrected chi connectivity index (χ4v) is 5.05. The van der Waals surface area contributed by atoms with Crippen molar-refractivity contribution in [3.8, 4) is 0 Å². The van der Waals surface area contributed by atoms with Crippen LogP contribution in [0.15, 0.2) is 0 Å². The summed E-state index contributed by atoms with van der Waals surface area (Å²) in [6, 6.07) is 0. The van der Waals surface area contributed by atoms with Crippen LogP contribution in [0.2, 0.25) is 0 Å². The van der Waals surface area contributed by atoms with E-state index in [0.29, 0.717) is 11.5 Å². The fourth-order valence-electron chi connectivity index (χ4n) is 4.79. The van der Waals surface area contributed by atoms with Crippen LogP contribution >= 0.6 is 11.6 Å². The molecule has 0 aromatic heterocycles. The Balaban J connectivity index is 1.23. The van der Waals surface area contributed by atoms with E-state index in [1.54, 1.807) is 0 Å².